The Morgan fingerprint density at radius 3 is 2.04 bits per heavy atom. The summed E-state index contributed by atoms with van der Waals surface area (Å²) in [5, 5.41) is 5.94. The van der Waals surface area contributed by atoms with E-state index in [2.05, 4.69) is 27.0 Å². The zero-order valence-corrected chi connectivity index (χ0v) is 15.1. The highest BCUT2D eigenvalue weighted by atomic mass is 35.5. The highest BCUT2D eigenvalue weighted by Gasteiger charge is 2.20. The molecule has 1 saturated heterocycles. The summed E-state index contributed by atoms with van der Waals surface area (Å²) in [5.74, 6) is 0. The smallest absolute Gasteiger partial charge is 0.131 e. The van der Waals surface area contributed by atoms with E-state index in [4.69, 9.17) is 23.2 Å². The quantitative estimate of drug-likeness (QED) is 0.843. The molecule has 3 rings (SSSR count). The van der Waals surface area contributed by atoms with Crippen LogP contribution >= 0.6 is 23.2 Å². The Bertz CT molecular complexity index is 658. The minimum absolute atomic E-state index is 0.756. The summed E-state index contributed by atoms with van der Waals surface area (Å²) in [5.41, 5.74) is 3.50. The van der Waals surface area contributed by atoms with Gasteiger partial charge in [-0.2, -0.15) is 5.10 Å². The Morgan fingerprint density at radius 2 is 1.52 bits per heavy atom. The zero-order valence-electron chi connectivity index (χ0n) is 13.6. The maximum absolute atomic E-state index is 6.33. The van der Waals surface area contributed by atoms with Gasteiger partial charge < -0.3 is 0 Å². The average Bonchev–Trinajstić information content (AvgIpc) is 2.78. The number of nitrogens with zero attached hydrogens (tertiary/aromatic N) is 4. The van der Waals surface area contributed by atoms with Crippen LogP contribution in [0.5, 0.6) is 0 Å². The fraction of sp³-hybridized carbons (Fsp3) is 0.471. The number of aromatic nitrogens is 2. The van der Waals surface area contributed by atoms with E-state index in [9.17, 15) is 0 Å². The molecular weight excluding hydrogens is 331 g/mol. The van der Waals surface area contributed by atoms with Gasteiger partial charge in [-0.1, -0.05) is 35.3 Å². The van der Waals surface area contributed by atoms with Gasteiger partial charge in [0.2, 0.25) is 0 Å². The molecular formula is C17H22Cl2N4. The van der Waals surface area contributed by atoms with Gasteiger partial charge >= 0.3 is 0 Å². The minimum Gasteiger partial charge on any atom is -0.297 e. The molecule has 0 saturated carbocycles. The fourth-order valence-corrected chi connectivity index (χ4v) is 3.39. The molecule has 0 bridgehead atoms. The second-order valence-corrected chi connectivity index (χ2v) is 6.95. The summed E-state index contributed by atoms with van der Waals surface area (Å²) in [7, 11) is 1.89. The predicted octanol–water partition coefficient (Wildman–Crippen LogP) is 3.35. The van der Waals surface area contributed by atoms with Gasteiger partial charge in [0.05, 0.1) is 5.69 Å². The van der Waals surface area contributed by atoms with Gasteiger partial charge in [-0.05, 0) is 24.6 Å². The van der Waals surface area contributed by atoms with Crippen LogP contribution in [0, 0.1) is 6.92 Å². The summed E-state index contributed by atoms with van der Waals surface area (Å²) in [4.78, 5) is 4.94. The molecule has 1 aliphatic rings. The molecule has 4 nitrogen and oxygen atoms in total. The minimum atomic E-state index is 0.756. The molecule has 0 spiro atoms. The van der Waals surface area contributed by atoms with Gasteiger partial charge in [0.25, 0.3) is 0 Å². The molecule has 2 aromatic rings. The van der Waals surface area contributed by atoms with Crippen molar-refractivity contribution in [1.29, 1.82) is 0 Å². The van der Waals surface area contributed by atoms with Crippen molar-refractivity contribution in [2.75, 3.05) is 26.2 Å². The molecule has 1 aromatic carbocycles. The first-order valence-corrected chi connectivity index (χ1v) is 8.65. The summed E-state index contributed by atoms with van der Waals surface area (Å²) in [6, 6.07) is 8.13. The van der Waals surface area contributed by atoms with E-state index in [0.29, 0.717) is 0 Å². The van der Waals surface area contributed by atoms with Gasteiger partial charge in [-0.3, -0.25) is 14.5 Å². The summed E-state index contributed by atoms with van der Waals surface area (Å²) >= 11 is 12.3. The van der Waals surface area contributed by atoms with Crippen molar-refractivity contribution >= 4 is 23.2 Å². The fourth-order valence-electron chi connectivity index (χ4n) is 3.03. The average molecular weight is 353 g/mol. The molecule has 0 atom stereocenters. The number of rotatable bonds is 4. The maximum Gasteiger partial charge on any atom is 0.131 e. The molecule has 0 aliphatic carbocycles. The van der Waals surface area contributed by atoms with E-state index in [0.717, 1.165) is 60.7 Å². The van der Waals surface area contributed by atoms with Crippen LogP contribution in [0.15, 0.2) is 24.3 Å². The summed E-state index contributed by atoms with van der Waals surface area (Å²) in [6.45, 7) is 8.14. The molecule has 0 radical (unpaired) electrons. The van der Waals surface area contributed by atoms with Gasteiger partial charge in [-0.15, -0.1) is 0 Å². The van der Waals surface area contributed by atoms with Crippen molar-refractivity contribution in [1.82, 2.24) is 19.6 Å². The number of hydrogen-bond donors (Lipinski definition) is 0. The lowest BCUT2D eigenvalue weighted by molar-refractivity contribution is 0.122. The molecule has 124 valence electrons. The molecule has 1 aromatic heterocycles. The summed E-state index contributed by atoms with van der Waals surface area (Å²) < 4.78 is 1.75. The zero-order chi connectivity index (χ0) is 16.4. The number of aryl methyl sites for hydroxylation is 2. The van der Waals surface area contributed by atoms with Crippen molar-refractivity contribution in [3.8, 4) is 0 Å². The molecule has 2 heterocycles. The Kier molecular flexibility index (Phi) is 5.27. The molecule has 6 heteroatoms. The Balaban J connectivity index is 1.53. The van der Waals surface area contributed by atoms with Crippen LogP contribution in [0.3, 0.4) is 0 Å². The highest BCUT2D eigenvalue weighted by Crippen LogP contribution is 2.21. The van der Waals surface area contributed by atoms with Crippen LogP contribution in [0.4, 0.5) is 0 Å². The molecule has 0 N–H and O–H groups in total. The van der Waals surface area contributed by atoms with E-state index in [1.54, 1.807) is 4.68 Å². The second-order valence-electron chi connectivity index (χ2n) is 6.16. The van der Waals surface area contributed by atoms with Gasteiger partial charge in [-0.25, -0.2) is 0 Å². The second kappa shape index (κ2) is 7.22. The van der Waals surface area contributed by atoms with Crippen molar-refractivity contribution in [3.63, 3.8) is 0 Å². The van der Waals surface area contributed by atoms with Crippen LogP contribution in [0.1, 0.15) is 16.8 Å². The number of halogens is 2. The normalized spacial score (nSPS) is 16.9. The third-order valence-corrected chi connectivity index (χ3v) is 5.16. The third-order valence-electron chi connectivity index (χ3n) is 4.44. The Hall–Kier alpha value is -1.07. The first-order valence-electron chi connectivity index (χ1n) is 7.90. The van der Waals surface area contributed by atoms with Crippen LogP contribution in [0.2, 0.25) is 10.2 Å². The van der Waals surface area contributed by atoms with Crippen molar-refractivity contribution in [2.45, 2.75) is 20.0 Å². The monoisotopic (exact) mass is 352 g/mol. The van der Waals surface area contributed by atoms with Crippen LogP contribution in [-0.2, 0) is 20.1 Å². The van der Waals surface area contributed by atoms with E-state index in [1.165, 1.54) is 5.56 Å². The Morgan fingerprint density at radius 1 is 0.957 bits per heavy atom. The first kappa shape index (κ1) is 16.8. The lowest BCUT2D eigenvalue weighted by Crippen LogP contribution is -2.45. The standard InChI is InChI=1S/C17H22Cl2N4/c1-13-16(17(19)21(2)20-13)12-23-9-7-22(8-10-23)11-14-3-5-15(18)6-4-14/h3-6H,7-12H2,1-2H3. The first-order chi connectivity index (χ1) is 11.0. The predicted molar refractivity (Wildman–Crippen MR) is 95.0 cm³/mol. The molecule has 1 aliphatic heterocycles. The van der Waals surface area contributed by atoms with E-state index >= 15 is 0 Å². The lowest BCUT2D eigenvalue weighted by atomic mass is 10.2. The van der Waals surface area contributed by atoms with Crippen molar-refractivity contribution < 1.29 is 0 Å². The van der Waals surface area contributed by atoms with Gasteiger partial charge in [0.15, 0.2) is 0 Å². The third kappa shape index (κ3) is 4.07. The largest absolute Gasteiger partial charge is 0.297 e. The topological polar surface area (TPSA) is 24.3 Å². The molecule has 0 unspecified atom stereocenters. The maximum atomic E-state index is 6.33. The highest BCUT2D eigenvalue weighted by molar-refractivity contribution is 6.30. The molecule has 0 amide bonds. The van der Waals surface area contributed by atoms with E-state index < -0.39 is 0 Å². The lowest BCUT2D eigenvalue weighted by Gasteiger charge is -2.34. The number of piperazine rings is 1. The van der Waals surface area contributed by atoms with Gasteiger partial charge in [0, 0.05) is 56.9 Å². The van der Waals surface area contributed by atoms with Crippen LogP contribution < -0.4 is 0 Å². The van der Waals surface area contributed by atoms with E-state index in [1.807, 2.05) is 26.1 Å². The van der Waals surface area contributed by atoms with Gasteiger partial charge in [0.1, 0.15) is 5.15 Å². The van der Waals surface area contributed by atoms with Crippen molar-refractivity contribution in [2.24, 2.45) is 7.05 Å². The van der Waals surface area contributed by atoms with Crippen molar-refractivity contribution in [3.05, 3.63) is 51.3 Å². The van der Waals surface area contributed by atoms with Crippen LogP contribution in [-0.4, -0.2) is 45.8 Å². The Labute approximate surface area is 147 Å². The molecule has 1 fully saturated rings. The molecule has 23 heavy (non-hydrogen) atoms. The SMILES string of the molecule is Cc1nn(C)c(Cl)c1CN1CCN(Cc2ccc(Cl)cc2)CC1. The number of hydrogen-bond acceptors (Lipinski definition) is 3. The summed E-state index contributed by atoms with van der Waals surface area (Å²) in [6.07, 6.45) is 0. The number of benzene rings is 1. The van der Waals surface area contributed by atoms with Crippen LogP contribution in [0.25, 0.3) is 0 Å². The van der Waals surface area contributed by atoms with E-state index in [-0.39, 0.29) is 0 Å².